The Morgan fingerprint density at radius 1 is 1.13 bits per heavy atom. The molecular weight excluding hydrogens is 412 g/mol. The Bertz CT molecular complexity index is 967. The van der Waals surface area contributed by atoms with E-state index in [4.69, 9.17) is 18.6 Å². The van der Waals surface area contributed by atoms with Crippen LogP contribution in [0.25, 0.3) is 11.0 Å². The highest BCUT2D eigenvalue weighted by molar-refractivity contribution is 5.86. The molecule has 0 spiro atoms. The second kappa shape index (κ2) is 10.1. The Hall–Kier alpha value is -2.63. The van der Waals surface area contributed by atoms with E-state index in [0.29, 0.717) is 18.8 Å². The number of aliphatic hydroxyl groups is 4. The van der Waals surface area contributed by atoms with Gasteiger partial charge in [0.1, 0.15) is 35.7 Å². The molecule has 31 heavy (non-hydrogen) atoms. The molecule has 2 heterocycles. The van der Waals surface area contributed by atoms with Gasteiger partial charge in [0.15, 0.2) is 5.75 Å². The van der Waals surface area contributed by atoms with E-state index >= 15 is 0 Å². The molecule has 5 N–H and O–H groups in total. The van der Waals surface area contributed by atoms with E-state index in [2.05, 4.69) is 0 Å². The van der Waals surface area contributed by atoms with Crippen molar-refractivity contribution in [2.45, 2.75) is 50.5 Å². The van der Waals surface area contributed by atoms with Crippen LogP contribution in [0.5, 0.6) is 17.2 Å². The molecule has 1 saturated heterocycles. The first-order chi connectivity index (χ1) is 14.9. The van der Waals surface area contributed by atoms with Gasteiger partial charge >= 0.3 is 5.63 Å². The molecule has 10 heteroatoms. The van der Waals surface area contributed by atoms with Crippen molar-refractivity contribution >= 4 is 11.0 Å². The third-order valence-corrected chi connectivity index (χ3v) is 4.85. The smallest absolute Gasteiger partial charge is 0.382 e. The van der Waals surface area contributed by atoms with E-state index in [0.717, 1.165) is 6.42 Å². The molecule has 0 saturated carbocycles. The zero-order valence-electron chi connectivity index (χ0n) is 16.9. The lowest BCUT2D eigenvalue weighted by molar-refractivity contribution is -0.277. The zero-order chi connectivity index (χ0) is 22.5. The monoisotopic (exact) mass is 438 g/mol. The van der Waals surface area contributed by atoms with Crippen LogP contribution in [-0.2, 0) is 4.74 Å². The van der Waals surface area contributed by atoms with Crippen molar-refractivity contribution in [3.8, 4) is 17.2 Å². The topological polar surface area (TPSA) is 159 Å². The molecule has 0 amide bonds. The summed E-state index contributed by atoms with van der Waals surface area (Å²) < 4.78 is 21.5. The van der Waals surface area contributed by atoms with Gasteiger partial charge in [-0.15, -0.1) is 0 Å². The Morgan fingerprint density at radius 3 is 2.61 bits per heavy atom. The van der Waals surface area contributed by atoms with E-state index < -0.39 is 48.7 Å². The molecule has 2 aromatic rings. The predicted octanol–water partition coefficient (Wildman–Crippen LogP) is 0.412. The highest BCUT2D eigenvalue weighted by atomic mass is 16.7. The van der Waals surface area contributed by atoms with Gasteiger partial charge in [-0.2, -0.15) is 0 Å². The molecule has 1 aliphatic heterocycles. The first-order valence-corrected chi connectivity index (χ1v) is 9.92. The summed E-state index contributed by atoms with van der Waals surface area (Å²) in [6, 6.07) is 4.54. The van der Waals surface area contributed by atoms with E-state index in [-0.39, 0.29) is 16.7 Å². The van der Waals surface area contributed by atoms with E-state index in [1.165, 1.54) is 12.1 Å². The zero-order valence-corrected chi connectivity index (χ0v) is 16.9. The number of ether oxygens (including phenoxy) is 3. The van der Waals surface area contributed by atoms with Gasteiger partial charge in [-0.1, -0.05) is 19.1 Å². The molecule has 3 rings (SSSR count). The SMILES string of the molecule is CCC=CCCOc1ccc2c(O[C@@H]3O[C@H](CO)[C@@H](O)[C@H](O)[C@@H]3O)c(O)c(=O)oc2c1. The lowest BCUT2D eigenvalue weighted by atomic mass is 9.99. The van der Waals surface area contributed by atoms with Crippen molar-refractivity contribution in [1.29, 1.82) is 0 Å². The summed E-state index contributed by atoms with van der Waals surface area (Å²) in [6.45, 7) is 1.79. The number of benzene rings is 1. The van der Waals surface area contributed by atoms with E-state index in [1.54, 1.807) is 6.07 Å². The number of allylic oxidation sites excluding steroid dienone is 1. The molecule has 1 aliphatic rings. The molecule has 1 fully saturated rings. The molecular formula is C21H26O10. The lowest BCUT2D eigenvalue weighted by Gasteiger charge is -2.39. The number of hydrogen-bond acceptors (Lipinski definition) is 10. The van der Waals surface area contributed by atoms with Crippen molar-refractivity contribution in [3.63, 3.8) is 0 Å². The molecule has 10 nitrogen and oxygen atoms in total. The average Bonchev–Trinajstić information content (AvgIpc) is 2.76. The van der Waals surface area contributed by atoms with E-state index in [1.807, 2.05) is 19.1 Å². The van der Waals surface area contributed by atoms with Crippen molar-refractivity contribution in [2.24, 2.45) is 0 Å². The average molecular weight is 438 g/mol. The van der Waals surface area contributed by atoms with Crippen LogP contribution in [0.15, 0.2) is 39.6 Å². The second-order valence-corrected chi connectivity index (χ2v) is 7.06. The summed E-state index contributed by atoms with van der Waals surface area (Å²) >= 11 is 0. The highest BCUT2D eigenvalue weighted by Crippen LogP contribution is 2.36. The van der Waals surface area contributed by atoms with Crippen molar-refractivity contribution in [2.75, 3.05) is 13.2 Å². The van der Waals surface area contributed by atoms with Gasteiger partial charge in [0.25, 0.3) is 0 Å². The summed E-state index contributed by atoms with van der Waals surface area (Å²) in [6.07, 6.45) is -2.09. The van der Waals surface area contributed by atoms with Crippen LogP contribution in [0, 0.1) is 0 Å². The maximum atomic E-state index is 12.1. The molecule has 0 unspecified atom stereocenters. The summed E-state index contributed by atoms with van der Waals surface area (Å²) in [5.74, 6) is -0.763. The quantitative estimate of drug-likeness (QED) is 0.222. The van der Waals surface area contributed by atoms with Gasteiger partial charge in [-0.25, -0.2) is 4.79 Å². The lowest BCUT2D eigenvalue weighted by Crippen LogP contribution is -2.60. The fraction of sp³-hybridized carbons (Fsp3) is 0.476. The number of aromatic hydroxyl groups is 1. The molecule has 1 aromatic carbocycles. The number of aliphatic hydroxyl groups excluding tert-OH is 4. The molecule has 5 atom stereocenters. The number of hydrogen-bond donors (Lipinski definition) is 5. The Labute approximate surface area is 177 Å². The van der Waals surface area contributed by atoms with Crippen LogP contribution in [0.4, 0.5) is 0 Å². The van der Waals surface area contributed by atoms with Gasteiger partial charge in [-0.3, -0.25) is 0 Å². The first kappa shape index (κ1) is 23.0. The van der Waals surface area contributed by atoms with Crippen LogP contribution in [0.3, 0.4) is 0 Å². The van der Waals surface area contributed by atoms with Crippen molar-refractivity contribution < 1.29 is 44.2 Å². The van der Waals surface area contributed by atoms with Crippen molar-refractivity contribution in [3.05, 3.63) is 40.8 Å². The summed E-state index contributed by atoms with van der Waals surface area (Å²) in [5, 5.41) is 49.6. The number of rotatable bonds is 8. The van der Waals surface area contributed by atoms with Crippen LogP contribution in [0.2, 0.25) is 0 Å². The van der Waals surface area contributed by atoms with Crippen LogP contribution >= 0.6 is 0 Å². The standard InChI is InChI=1S/C21H26O10/c1-2-3-4-5-8-28-11-6-7-12-13(9-11)29-20(27)18(26)19(12)31-21-17(25)16(24)15(23)14(10-22)30-21/h3-4,6-7,9,14-17,21-26H,2,5,8,10H2,1H3/t14-,15-,16+,17+,21+/m1/s1. The molecule has 170 valence electrons. The Kier molecular flexibility index (Phi) is 7.52. The fourth-order valence-electron chi connectivity index (χ4n) is 3.16. The normalized spacial score (nSPS) is 26.4. The van der Waals surface area contributed by atoms with Gasteiger partial charge in [0, 0.05) is 6.07 Å². The third-order valence-electron chi connectivity index (χ3n) is 4.85. The predicted molar refractivity (Wildman–Crippen MR) is 108 cm³/mol. The maximum Gasteiger partial charge on any atom is 0.382 e. The van der Waals surface area contributed by atoms with Gasteiger partial charge < -0.3 is 44.2 Å². The third kappa shape index (κ3) is 5.00. The molecule has 0 bridgehead atoms. The van der Waals surface area contributed by atoms with Gasteiger partial charge in [-0.05, 0) is 25.0 Å². The largest absolute Gasteiger partial charge is 0.499 e. The van der Waals surface area contributed by atoms with Crippen LogP contribution in [0.1, 0.15) is 19.8 Å². The summed E-state index contributed by atoms with van der Waals surface area (Å²) in [4.78, 5) is 12.1. The van der Waals surface area contributed by atoms with Gasteiger partial charge in [0.05, 0.1) is 18.6 Å². The second-order valence-electron chi connectivity index (χ2n) is 7.06. The first-order valence-electron chi connectivity index (χ1n) is 9.92. The molecule has 1 aromatic heterocycles. The number of fused-ring (bicyclic) bond motifs is 1. The molecule has 0 aliphatic carbocycles. The van der Waals surface area contributed by atoms with Crippen LogP contribution < -0.4 is 15.1 Å². The Balaban J connectivity index is 1.87. The minimum Gasteiger partial charge on any atom is -0.499 e. The fourth-order valence-corrected chi connectivity index (χ4v) is 3.16. The maximum absolute atomic E-state index is 12.1. The van der Waals surface area contributed by atoms with E-state index in [9.17, 15) is 30.3 Å². The van der Waals surface area contributed by atoms with Crippen molar-refractivity contribution in [1.82, 2.24) is 0 Å². The minimum absolute atomic E-state index is 0.0593. The highest BCUT2D eigenvalue weighted by Gasteiger charge is 2.45. The summed E-state index contributed by atoms with van der Waals surface area (Å²) in [5.41, 5.74) is -1.03. The molecule has 0 radical (unpaired) electrons. The Morgan fingerprint density at radius 2 is 1.90 bits per heavy atom. The minimum atomic E-state index is -1.71. The summed E-state index contributed by atoms with van der Waals surface area (Å²) in [7, 11) is 0. The van der Waals surface area contributed by atoms with Crippen LogP contribution in [-0.4, -0.2) is 69.5 Å². The van der Waals surface area contributed by atoms with Gasteiger partial charge in [0.2, 0.25) is 12.0 Å².